The van der Waals surface area contributed by atoms with Crippen LogP contribution < -0.4 is 18.9 Å². The first-order valence-electron chi connectivity index (χ1n) is 13.1. The smallest absolute Gasteiger partial charge is 0.262 e. The lowest BCUT2D eigenvalue weighted by Crippen LogP contribution is -2.29. The Hall–Kier alpha value is -3.27. The maximum Gasteiger partial charge on any atom is 0.262 e. The zero-order valence-corrected chi connectivity index (χ0v) is 23.9. The third-order valence-corrected chi connectivity index (χ3v) is 7.69. The number of rotatable bonds is 10. The van der Waals surface area contributed by atoms with Crippen LogP contribution in [0.15, 0.2) is 71.6 Å². The molecule has 0 spiro atoms. The Morgan fingerprint density at radius 2 is 1.62 bits per heavy atom. The van der Waals surface area contributed by atoms with Gasteiger partial charge in [0.25, 0.3) is 10.0 Å². The van der Waals surface area contributed by atoms with E-state index >= 15 is 0 Å². The minimum atomic E-state index is -3.94. The van der Waals surface area contributed by atoms with Crippen LogP contribution in [0.25, 0.3) is 0 Å². The molecule has 0 aromatic heterocycles. The normalized spacial score (nSPS) is 16.8. The van der Waals surface area contributed by atoms with Crippen LogP contribution in [0.2, 0.25) is 0 Å². The first-order chi connectivity index (χ1) is 18.6. The molecule has 0 aliphatic carbocycles. The monoisotopic (exact) mass is 555 g/mol. The third-order valence-electron chi connectivity index (χ3n) is 6.31. The van der Waals surface area contributed by atoms with Crippen LogP contribution in [0.4, 0.5) is 5.69 Å². The van der Waals surface area contributed by atoms with Crippen LogP contribution in [0.5, 0.6) is 23.0 Å². The molecule has 0 radical (unpaired) electrons. The van der Waals surface area contributed by atoms with E-state index in [-0.39, 0.29) is 28.0 Å². The SMILES string of the molecule is COc1ccccc1Oc1c(NS(=O)(=O)c2ccc(C(C)(C)C)cc2)cccc1OC(C)OC1CCCCO1. The highest BCUT2D eigenvalue weighted by Crippen LogP contribution is 2.42. The van der Waals surface area contributed by atoms with Crippen LogP contribution in [0.1, 0.15) is 52.5 Å². The van der Waals surface area contributed by atoms with E-state index in [9.17, 15) is 8.42 Å². The predicted molar refractivity (Wildman–Crippen MR) is 150 cm³/mol. The molecule has 1 heterocycles. The van der Waals surface area contributed by atoms with Crippen molar-refractivity contribution in [3.63, 3.8) is 0 Å². The third kappa shape index (κ3) is 7.44. The summed E-state index contributed by atoms with van der Waals surface area (Å²) in [6.07, 6.45) is 1.78. The van der Waals surface area contributed by atoms with Gasteiger partial charge in [0, 0.05) is 6.61 Å². The number of nitrogens with one attached hydrogen (secondary N) is 1. The quantitative estimate of drug-likeness (QED) is 0.273. The Morgan fingerprint density at radius 3 is 2.26 bits per heavy atom. The molecule has 3 aromatic rings. The fourth-order valence-electron chi connectivity index (χ4n) is 4.18. The van der Waals surface area contributed by atoms with Crippen molar-refractivity contribution in [2.75, 3.05) is 18.4 Å². The van der Waals surface area contributed by atoms with Crippen molar-refractivity contribution < 1.29 is 32.1 Å². The van der Waals surface area contributed by atoms with Crippen LogP contribution >= 0.6 is 0 Å². The minimum absolute atomic E-state index is 0.0986. The number of hydrogen-bond acceptors (Lipinski definition) is 7. The van der Waals surface area contributed by atoms with Gasteiger partial charge in [-0.3, -0.25) is 4.72 Å². The lowest BCUT2D eigenvalue weighted by molar-refractivity contribution is -0.225. The second-order valence-electron chi connectivity index (χ2n) is 10.4. The highest BCUT2D eigenvalue weighted by molar-refractivity contribution is 7.92. The minimum Gasteiger partial charge on any atom is -0.493 e. The molecular weight excluding hydrogens is 518 g/mol. The summed E-state index contributed by atoms with van der Waals surface area (Å²) in [5.41, 5.74) is 1.14. The molecular formula is C30H37NO7S. The standard InChI is InChI=1S/C30H37NO7S/c1-21(37-28-15-8-9-20-35-28)36-27-14-10-11-24(29(27)38-26-13-7-6-12-25(26)34-5)31-39(32,33)23-18-16-22(17-19-23)30(2,3)4/h6-7,10-14,16-19,21,28,31H,8-9,15,20H2,1-5H3. The molecule has 1 N–H and O–H groups in total. The molecule has 0 bridgehead atoms. The van der Waals surface area contributed by atoms with E-state index in [2.05, 4.69) is 25.5 Å². The summed E-state index contributed by atoms with van der Waals surface area (Å²) in [5, 5.41) is 0. The molecule has 1 aliphatic heterocycles. The fraction of sp³-hybridized carbons (Fsp3) is 0.400. The van der Waals surface area contributed by atoms with Gasteiger partial charge in [0.15, 0.2) is 35.6 Å². The number of benzene rings is 3. The van der Waals surface area contributed by atoms with Gasteiger partial charge < -0.3 is 23.7 Å². The van der Waals surface area contributed by atoms with Crippen LogP contribution in [-0.4, -0.2) is 34.7 Å². The molecule has 1 saturated heterocycles. The van der Waals surface area contributed by atoms with Crippen molar-refractivity contribution in [2.45, 2.75) is 69.8 Å². The Labute approximate surface area is 231 Å². The molecule has 39 heavy (non-hydrogen) atoms. The fourth-order valence-corrected chi connectivity index (χ4v) is 5.25. The molecule has 210 valence electrons. The van der Waals surface area contributed by atoms with Gasteiger partial charge >= 0.3 is 0 Å². The zero-order valence-electron chi connectivity index (χ0n) is 23.1. The summed E-state index contributed by atoms with van der Waals surface area (Å²) in [6.45, 7) is 8.64. The number of sulfonamides is 1. The van der Waals surface area contributed by atoms with Gasteiger partial charge in [-0.25, -0.2) is 8.42 Å². The van der Waals surface area contributed by atoms with E-state index in [1.807, 2.05) is 18.2 Å². The summed E-state index contributed by atoms with van der Waals surface area (Å²) in [6, 6.07) is 19.0. The molecule has 1 fully saturated rings. The van der Waals surface area contributed by atoms with E-state index in [0.717, 1.165) is 24.8 Å². The van der Waals surface area contributed by atoms with Gasteiger partial charge in [-0.1, -0.05) is 51.1 Å². The summed E-state index contributed by atoms with van der Waals surface area (Å²) in [7, 11) is -2.40. The molecule has 0 saturated carbocycles. The molecule has 1 aliphatic rings. The zero-order chi connectivity index (χ0) is 28.0. The maximum atomic E-state index is 13.4. The van der Waals surface area contributed by atoms with E-state index in [1.54, 1.807) is 55.5 Å². The van der Waals surface area contributed by atoms with E-state index < -0.39 is 16.3 Å². The van der Waals surface area contributed by atoms with Gasteiger partial charge in [-0.15, -0.1) is 0 Å². The van der Waals surface area contributed by atoms with Crippen molar-refractivity contribution in [3.05, 3.63) is 72.3 Å². The van der Waals surface area contributed by atoms with Crippen LogP contribution in [0.3, 0.4) is 0 Å². The van der Waals surface area contributed by atoms with E-state index in [1.165, 1.54) is 7.11 Å². The Balaban J connectivity index is 1.65. The van der Waals surface area contributed by atoms with Crippen molar-refractivity contribution in [2.24, 2.45) is 0 Å². The lowest BCUT2D eigenvalue weighted by atomic mass is 9.87. The lowest BCUT2D eigenvalue weighted by Gasteiger charge is -2.27. The second kappa shape index (κ2) is 12.3. The highest BCUT2D eigenvalue weighted by Gasteiger charge is 2.24. The van der Waals surface area contributed by atoms with Gasteiger partial charge in [0.1, 0.15) is 0 Å². The summed E-state index contributed by atoms with van der Waals surface area (Å²) in [5.74, 6) is 1.36. The van der Waals surface area contributed by atoms with Crippen molar-refractivity contribution in [3.8, 4) is 23.0 Å². The molecule has 2 atom stereocenters. The number of anilines is 1. The maximum absolute atomic E-state index is 13.4. The Bertz CT molecular complexity index is 1340. The van der Waals surface area contributed by atoms with E-state index in [4.69, 9.17) is 23.7 Å². The second-order valence-corrected chi connectivity index (χ2v) is 12.1. The van der Waals surface area contributed by atoms with Gasteiger partial charge in [0.2, 0.25) is 0 Å². The summed E-state index contributed by atoms with van der Waals surface area (Å²) >= 11 is 0. The van der Waals surface area contributed by atoms with Crippen molar-refractivity contribution >= 4 is 15.7 Å². The topological polar surface area (TPSA) is 92.3 Å². The van der Waals surface area contributed by atoms with Gasteiger partial charge in [0.05, 0.1) is 17.7 Å². The first-order valence-corrected chi connectivity index (χ1v) is 14.6. The molecule has 9 heteroatoms. The van der Waals surface area contributed by atoms with Crippen molar-refractivity contribution in [1.82, 2.24) is 0 Å². The Kier molecular flexibility index (Phi) is 9.04. The van der Waals surface area contributed by atoms with Gasteiger partial charge in [-0.2, -0.15) is 0 Å². The number of hydrogen-bond donors (Lipinski definition) is 1. The predicted octanol–water partition coefficient (Wildman–Crippen LogP) is 6.85. The van der Waals surface area contributed by atoms with E-state index in [0.29, 0.717) is 23.9 Å². The highest BCUT2D eigenvalue weighted by atomic mass is 32.2. The average Bonchev–Trinajstić information content (AvgIpc) is 2.90. The number of ether oxygens (including phenoxy) is 5. The molecule has 8 nitrogen and oxygen atoms in total. The molecule has 2 unspecified atom stereocenters. The van der Waals surface area contributed by atoms with Gasteiger partial charge in [-0.05, 0) is 73.6 Å². The molecule has 4 rings (SSSR count). The van der Waals surface area contributed by atoms with Crippen molar-refractivity contribution in [1.29, 1.82) is 0 Å². The van der Waals surface area contributed by atoms with Crippen LogP contribution in [0, 0.1) is 0 Å². The number of para-hydroxylation sites is 3. The number of methoxy groups -OCH3 is 1. The average molecular weight is 556 g/mol. The summed E-state index contributed by atoms with van der Waals surface area (Å²) < 4.78 is 58.9. The van der Waals surface area contributed by atoms with Crippen LogP contribution in [-0.2, 0) is 24.9 Å². The molecule has 3 aromatic carbocycles. The largest absolute Gasteiger partial charge is 0.493 e. The first kappa shape index (κ1) is 28.7. The molecule has 0 amide bonds. The Morgan fingerprint density at radius 1 is 0.923 bits per heavy atom. The summed E-state index contributed by atoms with van der Waals surface area (Å²) in [4.78, 5) is 0.135.